The van der Waals surface area contributed by atoms with Crippen molar-refractivity contribution in [1.82, 2.24) is 20.1 Å². The van der Waals surface area contributed by atoms with Gasteiger partial charge in [0.05, 0.1) is 18.5 Å². The van der Waals surface area contributed by atoms with Crippen LogP contribution in [0.1, 0.15) is 28.7 Å². The predicted octanol–water partition coefficient (Wildman–Crippen LogP) is 4.70. The first-order chi connectivity index (χ1) is 13.8. The molecule has 0 saturated carbocycles. The third kappa shape index (κ3) is 3.09. The molecule has 6 heteroatoms. The number of oxazole rings is 1. The second-order valence-electron chi connectivity index (χ2n) is 6.71. The molecule has 5 rings (SSSR count). The Kier molecular flexibility index (Phi) is 4.01. The Balaban J connectivity index is 1.35. The Morgan fingerprint density at radius 3 is 2.64 bits per heavy atom. The maximum Gasteiger partial charge on any atom is 0.231 e. The number of fused-ring (bicyclic) bond motifs is 1. The van der Waals surface area contributed by atoms with E-state index in [1.54, 1.807) is 0 Å². The van der Waals surface area contributed by atoms with Crippen molar-refractivity contribution in [1.29, 1.82) is 0 Å². The summed E-state index contributed by atoms with van der Waals surface area (Å²) >= 11 is 0. The molecule has 5 aromatic rings. The highest BCUT2D eigenvalue weighted by molar-refractivity contribution is 5.83. The first-order valence-electron chi connectivity index (χ1n) is 9.14. The van der Waals surface area contributed by atoms with Gasteiger partial charge in [0.15, 0.2) is 5.82 Å². The first-order valence-corrected chi connectivity index (χ1v) is 9.14. The summed E-state index contributed by atoms with van der Waals surface area (Å²) in [4.78, 5) is 12.4. The monoisotopic (exact) mass is 370 g/mol. The van der Waals surface area contributed by atoms with E-state index < -0.39 is 0 Å². The molecule has 28 heavy (non-hydrogen) atoms. The number of para-hydroxylation sites is 1. The van der Waals surface area contributed by atoms with Crippen LogP contribution in [0.5, 0.6) is 0 Å². The molecule has 0 radical (unpaired) electrons. The summed E-state index contributed by atoms with van der Waals surface area (Å²) in [6, 6.07) is 18.0. The molecule has 0 amide bonds. The van der Waals surface area contributed by atoms with E-state index in [9.17, 15) is 0 Å². The quantitative estimate of drug-likeness (QED) is 0.485. The lowest BCUT2D eigenvalue weighted by atomic mass is 10.1. The number of aromatic nitrogens is 4. The van der Waals surface area contributed by atoms with Gasteiger partial charge in [-0.25, -0.2) is 4.98 Å². The fraction of sp³-hybridized carbons (Fsp3) is 0.136. The van der Waals surface area contributed by atoms with Crippen molar-refractivity contribution in [3.63, 3.8) is 0 Å². The second-order valence-corrected chi connectivity index (χ2v) is 6.71. The molecule has 0 fully saturated rings. The van der Waals surface area contributed by atoms with Gasteiger partial charge in [-0.15, -0.1) is 0 Å². The number of rotatable bonds is 5. The molecular weight excluding hydrogens is 352 g/mol. The van der Waals surface area contributed by atoms with Crippen LogP contribution >= 0.6 is 0 Å². The van der Waals surface area contributed by atoms with Gasteiger partial charge in [-0.3, -0.25) is 0 Å². The Morgan fingerprint density at radius 2 is 1.75 bits per heavy atom. The smallest absolute Gasteiger partial charge is 0.231 e. The van der Waals surface area contributed by atoms with E-state index in [1.165, 1.54) is 5.39 Å². The summed E-state index contributed by atoms with van der Waals surface area (Å²) in [5.41, 5.74) is 4.00. The molecule has 2 aromatic carbocycles. The molecule has 0 aliphatic rings. The third-order valence-electron chi connectivity index (χ3n) is 4.77. The number of benzene rings is 2. The van der Waals surface area contributed by atoms with Crippen LogP contribution in [0.25, 0.3) is 22.4 Å². The molecule has 0 bridgehead atoms. The van der Waals surface area contributed by atoms with Gasteiger partial charge in [0.25, 0.3) is 0 Å². The summed E-state index contributed by atoms with van der Waals surface area (Å²) in [5, 5.41) is 5.29. The maximum absolute atomic E-state index is 5.81. The van der Waals surface area contributed by atoms with Crippen molar-refractivity contribution in [2.24, 2.45) is 0 Å². The summed E-state index contributed by atoms with van der Waals surface area (Å²) in [6.45, 7) is 1.90. The minimum absolute atomic E-state index is 0.472. The summed E-state index contributed by atoms with van der Waals surface area (Å²) < 4.78 is 11.3. The largest absolute Gasteiger partial charge is 0.441 e. The SMILES string of the molecule is Cc1oc(-c2ccccc2)nc1Cc1noc(Cc2c[nH]c3ccccc23)n1. The predicted molar refractivity (Wildman–Crippen MR) is 105 cm³/mol. The van der Waals surface area contributed by atoms with Gasteiger partial charge in [-0.05, 0) is 30.7 Å². The second kappa shape index (κ2) is 6.81. The van der Waals surface area contributed by atoms with E-state index in [2.05, 4.69) is 32.2 Å². The third-order valence-corrected chi connectivity index (χ3v) is 4.77. The highest BCUT2D eigenvalue weighted by Crippen LogP contribution is 2.23. The fourth-order valence-electron chi connectivity index (χ4n) is 3.32. The van der Waals surface area contributed by atoms with Crippen LogP contribution in [0.4, 0.5) is 0 Å². The molecule has 1 N–H and O–H groups in total. The van der Waals surface area contributed by atoms with Crippen LogP contribution in [0.2, 0.25) is 0 Å². The fourth-order valence-corrected chi connectivity index (χ4v) is 3.32. The van der Waals surface area contributed by atoms with E-state index >= 15 is 0 Å². The number of nitrogens with zero attached hydrogens (tertiary/aromatic N) is 3. The van der Waals surface area contributed by atoms with Crippen molar-refractivity contribution < 1.29 is 8.94 Å². The van der Waals surface area contributed by atoms with Gasteiger partial charge in [0, 0.05) is 22.7 Å². The van der Waals surface area contributed by atoms with Gasteiger partial charge in [-0.2, -0.15) is 4.98 Å². The molecule has 0 aliphatic carbocycles. The molecular formula is C22H18N4O2. The lowest BCUT2D eigenvalue weighted by Gasteiger charge is -1.94. The Labute approximate surface area is 161 Å². The Bertz CT molecular complexity index is 1230. The van der Waals surface area contributed by atoms with Crippen molar-refractivity contribution in [2.75, 3.05) is 0 Å². The molecule has 3 aromatic heterocycles. The highest BCUT2D eigenvalue weighted by Gasteiger charge is 2.16. The topological polar surface area (TPSA) is 80.7 Å². The van der Waals surface area contributed by atoms with Gasteiger partial charge in [0.2, 0.25) is 11.8 Å². The lowest BCUT2D eigenvalue weighted by Crippen LogP contribution is -1.94. The molecule has 0 unspecified atom stereocenters. The number of aryl methyl sites for hydroxylation is 1. The minimum Gasteiger partial charge on any atom is -0.441 e. The van der Waals surface area contributed by atoms with Crippen molar-refractivity contribution in [2.45, 2.75) is 19.8 Å². The zero-order valence-corrected chi connectivity index (χ0v) is 15.3. The number of hydrogen-bond acceptors (Lipinski definition) is 5. The Morgan fingerprint density at radius 1 is 0.929 bits per heavy atom. The molecule has 0 saturated heterocycles. The van der Waals surface area contributed by atoms with Gasteiger partial charge in [-0.1, -0.05) is 41.6 Å². The van der Waals surface area contributed by atoms with Crippen LogP contribution < -0.4 is 0 Å². The zero-order valence-electron chi connectivity index (χ0n) is 15.3. The minimum atomic E-state index is 0.472. The number of nitrogens with one attached hydrogen (secondary N) is 1. The zero-order chi connectivity index (χ0) is 18.9. The first kappa shape index (κ1) is 16.5. The van der Waals surface area contributed by atoms with Crippen LogP contribution in [0.3, 0.4) is 0 Å². The molecule has 0 spiro atoms. The van der Waals surface area contributed by atoms with Gasteiger partial charge < -0.3 is 13.9 Å². The standard InChI is InChI=1S/C22H18N4O2/c1-14-19(24-22(27-14)15-7-3-2-4-8-15)12-20-25-21(28-26-20)11-16-13-23-18-10-6-5-9-17(16)18/h2-10,13,23H,11-12H2,1H3. The van der Waals surface area contributed by atoms with Crippen LogP contribution in [0, 0.1) is 6.92 Å². The molecule has 3 heterocycles. The van der Waals surface area contributed by atoms with E-state index in [0.717, 1.165) is 28.1 Å². The van der Waals surface area contributed by atoms with Gasteiger partial charge in [0.1, 0.15) is 5.76 Å². The van der Waals surface area contributed by atoms with Crippen molar-refractivity contribution in [3.8, 4) is 11.5 Å². The van der Waals surface area contributed by atoms with Crippen molar-refractivity contribution >= 4 is 10.9 Å². The van der Waals surface area contributed by atoms with Crippen LogP contribution in [-0.2, 0) is 12.8 Å². The summed E-state index contributed by atoms with van der Waals surface area (Å²) in [6.07, 6.45) is 3.05. The van der Waals surface area contributed by atoms with Crippen LogP contribution in [0.15, 0.2) is 69.7 Å². The summed E-state index contributed by atoms with van der Waals surface area (Å²) in [5.74, 6) is 2.56. The average molecular weight is 370 g/mol. The molecule has 6 nitrogen and oxygen atoms in total. The van der Waals surface area contributed by atoms with E-state index in [0.29, 0.717) is 30.4 Å². The number of aromatic amines is 1. The molecule has 0 aliphatic heterocycles. The van der Waals surface area contributed by atoms with Crippen LogP contribution in [-0.4, -0.2) is 20.1 Å². The molecule has 0 atom stereocenters. The van der Waals surface area contributed by atoms with Crippen molar-refractivity contribution in [3.05, 3.63) is 89.5 Å². The Hall–Kier alpha value is -3.67. The average Bonchev–Trinajstić information content (AvgIpc) is 3.44. The highest BCUT2D eigenvalue weighted by atomic mass is 16.5. The number of hydrogen-bond donors (Lipinski definition) is 1. The van der Waals surface area contributed by atoms with Gasteiger partial charge >= 0.3 is 0 Å². The molecule has 138 valence electrons. The summed E-state index contributed by atoms with van der Waals surface area (Å²) in [7, 11) is 0. The van der Waals surface area contributed by atoms with E-state index in [-0.39, 0.29) is 0 Å². The normalized spacial score (nSPS) is 11.3. The maximum atomic E-state index is 5.81. The lowest BCUT2D eigenvalue weighted by molar-refractivity contribution is 0.380. The number of H-pyrrole nitrogens is 1. The van der Waals surface area contributed by atoms with E-state index in [1.807, 2.05) is 55.6 Å². The van der Waals surface area contributed by atoms with E-state index in [4.69, 9.17) is 8.94 Å².